The second-order valence-electron chi connectivity index (χ2n) is 6.52. The van der Waals surface area contributed by atoms with Crippen molar-refractivity contribution in [2.75, 3.05) is 19.0 Å². The van der Waals surface area contributed by atoms with Gasteiger partial charge in [0.1, 0.15) is 6.61 Å². The zero-order valence-corrected chi connectivity index (χ0v) is 18.6. The molecule has 0 atom stereocenters. The third-order valence-electron chi connectivity index (χ3n) is 4.45. The van der Waals surface area contributed by atoms with Crippen molar-refractivity contribution in [2.45, 2.75) is 20.1 Å². The van der Waals surface area contributed by atoms with Crippen LogP contribution in [0, 0.1) is 0 Å². The van der Waals surface area contributed by atoms with Crippen molar-refractivity contribution in [1.82, 2.24) is 0 Å². The molecule has 156 valence electrons. The highest BCUT2D eigenvalue weighted by Crippen LogP contribution is 2.34. The summed E-state index contributed by atoms with van der Waals surface area (Å²) in [7, 11) is 1.63. The van der Waals surface area contributed by atoms with Gasteiger partial charge in [-0.15, -0.1) is 0 Å². The topological polar surface area (TPSA) is 56.8 Å². The van der Waals surface area contributed by atoms with E-state index >= 15 is 0 Å². The smallest absolute Gasteiger partial charge is 0.338 e. The van der Waals surface area contributed by atoms with Gasteiger partial charge in [0.05, 0.1) is 19.3 Å². The molecule has 0 aliphatic carbocycles. The maximum absolute atomic E-state index is 11.8. The van der Waals surface area contributed by atoms with E-state index in [1.165, 1.54) is 0 Å². The van der Waals surface area contributed by atoms with Crippen LogP contribution in [0.3, 0.4) is 0 Å². The van der Waals surface area contributed by atoms with Gasteiger partial charge >= 0.3 is 5.97 Å². The van der Waals surface area contributed by atoms with Crippen molar-refractivity contribution < 1.29 is 19.0 Å². The van der Waals surface area contributed by atoms with Crippen molar-refractivity contribution in [3.8, 4) is 11.5 Å². The van der Waals surface area contributed by atoms with Crippen molar-refractivity contribution >= 4 is 27.6 Å². The van der Waals surface area contributed by atoms with Crippen molar-refractivity contribution in [3.63, 3.8) is 0 Å². The predicted octanol–water partition coefficient (Wildman–Crippen LogP) is 5.83. The predicted molar refractivity (Wildman–Crippen MR) is 121 cm³/mol. The van der Waals surface area contributed by atoms with Gasteiger partial charge in [-0.3, -0.25) is 0 Å². The largest absolute Gasteiger partial charge is 0.493 e. The van der Waals surface area contributed by atoms with Crippen LogP contribution >= 0.6 is 15.9 Å². The number of rotatable bonds is 9. The third kappa shape index (κ3) is 5.76. The average Bonchev–Trinajstić information content (AvgIpc) is 2.78. The molecule has 1 N–H and O–H groups in total. The first-order valence-corrected chi connectivity index (χ1v) is 10.4. The number of benzene rings is 3. The summed E-state index contributed by atoms with van der Waals surface area (Å²) in [5.41, 5.74) is 3.55. The summed E-state index contributed by atoms with van der Waals surface area (Å²) in [5, 5.41) is 3.35. The van der Waals surface area contributed by atoms with E-state index in [-0.39, 0.29) is 5.97 Å². The van der Waals surface area contributed by atoms with Gasteiger partial charge in [0, 0.05) is 16.7 Å². The highest BCUT2D eigenvalue weighted by molar-refractivity contribution is 9.10. The number of carbonyl (C=O) groups is 1. The molecule has 3 aromatic carbocycles. The molecule has 3 aromatic rings. The third-order valence-corrected chi connectivity index (χ3v) is 5.19. The molecule has 0 aliphatic rings. The molecule has 30 heavy (non-hydrogen) atoms. The minimum absolute atomic E-state index is 0.317. The van der Waals surface area contributed by atoms with Crippen LogP contribution in [0.25, 0.3) is 0 Å². The van der Waals surface area contributed by atoms with Crippen LogP contribution in [0.2, 0.25) is 0 Å². The molecule has 0 fully saturated rings. The molecule has 0 saturated heterocycles. The monoisotopic (exact) mass is 469 g/mol. The lowest BCUT2D eigenvalue weighted by Crippen LogP contribution is -2.05. The van der Waals surface area contributed by atoms with Gasteiger partial charge in [0.2, 0.25) is 0 Å². The zero-order chi connectivity index (χ0) is 21.3. The Morgan fingerprint density at radius 2 is 1.73 bits per heavy atom. The summed E-state index contributed by atoms with van der Waals surface area (Å²) in [4.78, 5) is 11.8. The Hall–Kier alpha value is -2.99. The van der Waals surface area contributed by atoms with E-state index < -0.39 is 0 Å². The van der Waals surface area contributed by atoms with E-state index in [0.717, 1.165) is 21.3 Å². The van der Waals surface area contributed by atoms with E-state index in [9.17, 15) is 4.79 Å². The summed E-state index contributed by atoms with van der Waals surface area (Å²) >= 11 is 3.62. The van der Waals surface area contributed by atoms with E-state index in [1.54, 1.807) is 26.2 Å². The Morgan fingerprint density at radius 3 is 2.40 bits per heavy atom. The number of methoxy groups -OCH3 is 1. The highest BCUT2D eigenvalue weighted by atomic mass is 79.9. The number of hydrogen-bond donors (Lipinski definition) is 1. The van der Waals surface area contributed by atoms with Crippen LogP contribution in [0.5, 0.6) is 11.5 Å². The van der Waals surface area contributed by atoms with Crippen LogP contribution in [-0.4, -0.2) is 19.7 Å². The van der Waals surface area contributed by atoms with Gasteiger partial charge < -0.3 is 19.5 Å². The Kier molecular flexibility index (Phi) is 7.74. The second-order valence-corrected chi connectivity index (χ2v) is 7.37. The summed E-state index contributed by atoms with van der Waals surface area (Å²) in [6.07, 6.45) is 0. The molecular weight excluding hydrogens is 446 g/mol. The van der Waals surface area contributed by atoms with Crippen LogP contribution in [0.15, 0.2) is 71.2 Å². The number of carbonyl (C=O) groups excluding carboxylic acids is 1. The summed E-state index contributed by atoms with van der Waals surface area (Å²) in [6, 6.07) is 21.1. The first-order chi connectivity index (χ1) is 14.6. The van der Waals surface area contributed by atoms with Crippen LogP contribution in [-0.2, 0) is 17.9 Å². The Bertz CT molecular complexity index is 975. The van der Waals surface area contributed by atoms with Gasteiger partial charge in [-0.1, -0.05) is 46.3 Å². The SMILES string of the molecule is CCOC(=O)c1ccc(NCc2cc(OC)c(OCc3ccccc3)cc2Br)cc1. The molecule has 0 spiro atoms. The van der Waals surface area contributed by atoms with Crippen LogP contribution in [0.4, 0.5) is 5.69 Å². The van der Waals surface area contributed by atoms with Gasteiger partial charge in [-0.25, -0.2) is 4.79 Å². The Labute approximate surface area is 185 Å². The molecule has 0 heterocycles. The molecular formula is C24H24BrNO4. The maximum atomic E-state index is 11.8. The molecule has 0 unspecified atom stereocenters. The Morgan fingerprint density at radius 1 is 1.00 bits per heavy atom. The molecule has 3 rings (SSSR count). The van der Waals surface area contributed by atoms with Crippen molar-refractivity contribution in [3.05, 3.63) is 87.9 Å². The first-order valence-electron chi connectivity index (χ1n) is 9.65. The minimum Gasteiger partial charge on any atom is -0.493 e. The van der Waals surface area contributed by atoms with Gasteiger partial charge in [-0.05, 0) is 54.4 Å². The van der Waals surface area contributed by atoms with E-state index in [4.69, 9.17) is 14.2 Å². The fraction of sp³-hybridized carbons (Fsp3) is 0.208. The molecule has 0 bridgehead atoms. The number of hydrogen-bond acceptors (Lipinski definition) is 5. The lowest BCUT2D eigenvalue weighted by molar-refractivity contribution is 0.0526. The number of anilines is 1. The lowest BCUT2D eigenvalue weighted by Gasteiger charge is -2.15. The standard InChI is InChI=1S/C24H24BrNO4/c1-3-29-24(27)18-9-11-20(12-10-18)26-15-19-13-22(28-2)23(14-21(19)25)30-16-17-7-5-4-6-8-17/h4-14,26H,3,15-16H2,1-2H3. The molecule has 0 aromatic heterocycles. The molecule has 0 radical (unpaired) electrons. The summed E-state index contributed by atoms with van der Waals surface area (Å²) in [6.45, 7) is 3.19. The number of nitrogens with one attached hydrogen (secondary N) is 1. The van der Waals surface area contributed by atoms with Crippen molar-refractivity contribution in [1.29, 1.82) is 0 Å². The number of esters is 1. The van der Waals surface area contributed by atoms with Gasteiger partial charge in [-0.2, -0.15) is 0 Å². The molecule has 0 saturated carbocycles. The summed E-state index contributed by atoms with van der Waals surface area (Å²) in [5.74, 6) is 1.03. The average molecular weight is 470 g/mol. The van der Waals surface area contributed by atoms with Gasteiger partial charge in [0.25, 0.3) is 0 Å². The maximum Gasteiger partial charge on any atom is 0.338 e. The van der Waals surface area contributed by atoms with Crippen LogP contribution in [0.1, 0.15) is 28.4 Å². The molecule has 5 nitrogen and oxygen atoms in total. The molecule has 6 heteroatoms. The zero-order valence-electron chi connectivity index (χ0n) is 17.0. The van der Waals surface area contributed by atoms with E-state index in [1.807, 2.05) is 54.6 Å². The fourth-order valence-electron chi connectivity index (χ4n) is 2.86. The van der Waals surface area contributed by atoms with E-state index in [0.29, 0.717) is 36.8 Å². The van der Waals surface area contributed by atoms with Crippen LogP contribution < -0.4 is 14.8 Å². The number of ether oxygens (including phenoxy) is 3. The van der Waals surface area contributed by atoms with Gasteiger partial charge in [0.15, 0.2) is 11.5 Å². The minimum atomic E-state index is -0.317. The summed E-state index contributed by atoms with van der Waals surface area (Å²) < 4.78 is 17.4. The highest BCUT2D eigenvalue weighted by Gasteiger charge is 2.11. The normalized spacial score (nSPS) is 10.4. The fourth-order valence-corrected chi connectivity index (χ4v) is 3.32. The second kappa shape index (κ2) is 10.7. The quantitative estimate of drug-likeness (QED) is 0.399. The molecule has 0 aliphatic heterocycles. The first kappa shape index (κ1) is 21.7. The van der Waals surface area contributed by atoms with E-state index in [2.05, 4.69) is 21.2 Å². The number of halogens is 1. The lowest BCUT2D eigenvalue weighted by atomic mass is 10.1. The Balaban J connectivity index is 1.65. The molecule has 0 amide bonds. The van der Waals surface area contributed by atoms with Crippen molar-refractivity contribution in [2.24, 2.45) is 0 Å².